The van der Waals surface area contributed by atoms with Gasteiger partial charge in [0.1, 0.15) is 17.7 Å². The van der Waals surface area contributed by atoms with E-state index >= 15 is 0 Å². The lowest BCUT2D eigenvalue weighted by molar-refractivity contribution is 0.0848. The first-order chi connectivity index (χ1) is 11.1. The summed E-state index contributed by atoms with van der Waals surface area (Å²) in [7, 11) is 0. The van der Waals surface area contributed by atoms with Crippen molar-refractivity contribution >= 4 is 5.71 Å². The smallest absolute Gasteiger partial charge is 0.145 e. The van der Waals surface area contributed by atoms with E-state index in [4.69, 9.17) is 4.84 Å². The van der Waals surface area contributed by atoms with Crippen LogP contribution in [0.15, 0.2) is 47.6 Å². The second kappa shape index (κ2) is 6.87. The van der Waals surface area contributed by atoms with Crippen molar-refractivity contribution < 1.29 is 13.6 Å². The van der Waals surface area contributed by atoms with E-state index in [2.05, 4.69) is 10.5 Å². The Balaban J connectivity index is 1.51. The molecule has 120 valence electrons. The van der Waals surface area contributed by atoms with Crippen molar-refractivity contribution in [3.8, 4) is 0 Å². The lowest BCUT2D eigenvalue weighted by Gasteiger charge is -2.10. The Hall–Kier alpha value is -2.27. The molecule has 0 radical (unpaired) electrons. The molecule has 0 amide bonds. The van der Waals surface area contributed by atoms with E-state index in [1.54, 1.807) is 0 Å². The molecule has 1 N–H and O–H groups in total. The topological polar surface area (TPSA) is 33.6 Å². The van der Waals surface area contributed by atoms with Crippen molar-refractivity contribution in [1.29, 1.82) is 0 Å². The summed E-state index contributed by atoms with van der Waals surface area (Å²) < 4.78 is 26.4. The summed E-state index contributed by atoms with van der Waals surface area (Å²) in [6.07, 6.45) is 0.636. The first kappa shape index (κ1) is 15.6. The standard InChI is InChI=1S/C18H18F2N2O/c1-12-4-2-3-5-16(12)18-9-15(23-22-18)11-21-10-13-6-7-14(19)8-17(13)20/h2-8,15,21H,9-11H2,1H3/t15-/m1/s1. The summed E-state index contributed by atoms with van der Waals surface area (Å²) in [5.41, 5.74) is 3.63. The minimum absolute atomic E-state index is 0.0758. The molecule has 5 heteroatoms. The zero-order valence-corrected chi connectivity index (χ0v) is 12.9. The monoisotopic (exact) mass is 316 g/mol. The summed E-state index contributed by atoms with van der Waals surface area (Å²) in [5, 5.41) is 7.29. The van der Waals surface area contributed by atoms with E-state index in [0.29, 0.717) is 25.1 Å². The number of hydrogen-bond donors (Lipinski definition) is 1. The number of nitrogens with zero attached hydrogens (tertiary/aromatic N) is 1. The number of nitrogens with one attached hydrogen (secondary N) is 1. The molecule has 1 atom stereocenters. The molecular weight excluding hydrogens is 298 g/mol. The zero-order chi connectivity index (χ0) is 16.2. The zero-order valence-electron chi connectivity index (χ0n) is 12.9. The quantitative estimate of drug-likeness (QED) is 0.915. The van der Waals surface area contributed by atoms with Crippen LogP contribution in [-0.4, -0.2) is 18.4 Å². The fourth-order valence-corrected chi connectivity index (χ4v) is 2.63. The average Bonchev–Trinajstić information content (AvgIpc) is 2.98. The molecule has 0 spiro atoms. The molecular formula is C18H18F2N2O. The highest BCUT2D eigenvalue weighted by atomic mass is 19.1. The minimum atomic E-state index is -0.568. The van der Waals surface area contributed by atoms with Crippen molar-refractivity contribution in [1.82, 2.24) is 5.32 Å². The van der Waals surface area contributed by atoms with Gasteiger partial charge >= 0.3 is 0 Å². The number of hydrogen-bond acceptors (Lipinski definition) is 3. The number of benzene rings is 2. The fourth-order valence-electron chi connectivity index (χ4n) is 2.63. The molecule has 0 saturated heterocycles. The van der Waals surface area contributed by atoms with Gasteiger partial charge in [-0.25, -0.2) is 8.78 Å². The van der Waals surface area contributed by atoms with Crippen molar-refractivity contribution in [3.05, 3.63) is 70.8 Å². The first-order valence-corrected chi connectivity index (χ1v) is 7.57. The fraction of sp³-hybridized carbons (Fsp3) is 0.278. The Morgan fingerprint density at radius 3 is 2.83 bits per heavy atom. The predicted molar refractivity (Wildman–Crippen MR) is 85.3 cm³/mol. The van der Waals surface area contributed by atoms with Gasteiger partial charge < -0.3 is 10.2 Å². The van der Waals surface area contributed by atoms with Gasteiger partial charge in [0, 0.05) is 36.7 Å². The molecule has 1 heterocycles. The van der Waals surface area contributed by atoms with Gasteiger partial charge in [0.25, 0.3) is 0 Å². The Morgan fingerprint density at radius 2 is 2.04 bits per heavy atom. The third-order valence-corrected chi connectivity index (χ3v) is 3.89. The summed E-state index contributed by atoms with van der Waals surface area (Å²) in [6.45, 7) is 2.92. The molecule has 3 nitrogen and oxygen atoms in total. The van der Waals surface area contributed by atoms with Crippen LogP contribution in [0.5, 0.6) is 0 Å². The van der Waals surface area contributed by atoms with Gasteiger partial charge in [-0.2, -0.15) is 0 Å². The van der Waals surface area contributed by atoms with Crippen molar-refractivity contribution in [2.24, 2.45) is 5.16 Å². The van der Waals surface area contributed by atoms with Gasteiger partial charge in [-0.05, 0) is 18.6 Å². The Kier molecular flexibility index (Phi) is 4.67. The first-order valence-electron chi connectivity index (χ1n) is 7.57. The van der Waals surface area contributed by atoms with Crippen molar-refractivity contribution in [2.45, 2.75) is 26.0 Å². The van der Waals surface area contributed by atoms with Gasteiger partial charge in [-0.15, -0.1) is 0 Å². The van der Waals surface area contributed by atoms with Crippen LogP contribution in [0.4, 0.5) is 8.78 Å². The average molecular weight is 316 g/mol. The number of rotatable bonds is 5. The summed E-state index contributed by atoms with van der Waals surface area (Å²) in [6, 6.07) is 11.6. The second-order valence-electron chi connectivity index (χ2n) is 5.65. The van der Waals surface area contributed by atoms with E-state index in [1.807, 2.05) is 31.2 Å². The van der Waals surface area contributed by atoms with Crippen LogP contribution >= 0.6 is 0 Å². The third kappa shape index (κ3) is 3.74. The molecule has 3 rings (SSSR count). The minimum Gasteiger partial charge on any atom is -0.390 e. The highest BCUT2D eigenvalue weighted by Crippen LogP contribution is 2.19. The molecule has 1 aliphatic rings. The highest BCUT2D eigenvalue weighted by Gasteiger charge is 2.22. The predicted octanol–water partition coefficient (Wildman–Crippen LogP) is 3.56. The second-order valence-corrected chi connectivity index (χ2v) is 5.65. The van der Waals surface area contributed by atoms with Crippen LogP contribution in [0.25, 0.3) is 0 Å². The van der Waals surface area contributed by atoms with E-state index in [9.17, 15) is 8.78 Å². The van der Waals surface area contributed by atoms with E-state index in [0.717, 1.165) is 22.9 Å². The summed E-state index contributed by atoms with van der Waals surface area (Å²) >= 11 is 0. The van der Waals surface area contributed by atoms with Crippen LogP contribution in [0, 0.1) is 18.6 Å². The van der Waals surface area contributed by atoms with Gasteiger partial charge in [0.2, 0.25) is 0 Å². The van der Waals surface area contributed by atoms with Crippen LogP contribution in [0.2, 0.25) is 0 Å². The lowest BCUT2D eigenvalue weighted by atomic mass is 10.0. The van der Waals surface area contributed by atoms with Crippen molar-refractivity contribution in [3.63, 3.8) is 0 Å². The molecule has 2 aromatic carbocycles. The SMILES string of the molecule is Cc1ccccc1C1=NO[C@@H](CNCc2ccc(F)cc2F)C1. The van der Waals surface area contributed by atoms with E-state index < -0.39 is 11.6 Å². The number of aryl methyl sites for hydroxylation is 1. The molecule has 0 aliphatic carbocycles. The molecule has 2 aromatic rings. The summed E-state index contributed by atoms with van der Waals surface area (Å²) in [4.78, 5) is 5.43. The Bertz CT molecular complexity index is 731. The van der Waals surface area contributed by atoms with E-state index in [1.165, 1.54) is 12.1 Å². The maximum absolute atomic E-state index is 13.5. The van der Waals surface area contributed by atoms with Gasteiger partial charge in [-0.3, -0.25) is 0 Å². The highest BCUT2D eigenvalue weighted by molar-refractivity contribution is 6.02. The van der Waals surface area contributed by atoms with Gasteiger partial charge in [0.05, 0.1) is 5.71 Å². The number of halogens is 2. The number of oxime groups is 1. The molecule has 1 aliphatic heterocycles. The van der Waals surface area contributed by atoms with Crippen LogP contribution < -0.4 is 5.32 Å². The van der Waals surface area contributed by atoms with Gasteiger partial charge in [0.15, 0.2) is 0 Å². The molecule has 0 unspecified atom stereocenters. The van der Waals surface area contributed by atoms with Gasteiger partial charge in [-0.1, -0.05) is 35.5 Å². The van der Waals surface area contributed by atoms with Crippen LogP contribution in [0.1, 0.15) is 23.1 Å². The normalized spacial score (nSPS) is 17.0. The molecule has 23 heavy (non-hydrogen) atoms. The van der Waals surface area contributed by atoms with Crippen LogP contribution in [0.3, 0.4) is 0 Å². The molecule has 0 saturated carbocycles. The molecule has 0 bridgehead atoms. The largest absolute Gasteiger partial charge is 0.390 e. The summed E-state index contributed by atoms with van der Waals surface area (Å²) in [5.74, 6) is -1.11. The maximum atomic E-state index is 13.5. The Morgan fingerprint density at radius 1 is 1.22 bits per heavy atom. The maximum Gasteiger partial charge on any atom is 0.145 e. The van der Waals surface area contributed by atoms with Crippen molar-refractivity contribution in [2.75, 3.05) is 6.54 Å². The third-order valence-electron chi connectivity index (χ3n) is 3.89. The molecule has 0 aromatic heterocycles. The lowest BCUT2D eigenvalue weighted by Crippen LogP contribution is -2.27. The molecule has 0 fully saturated rings. The van der Waals surface area contributed by atoms with E-state index in [-0.39, 0.29) is 6.10 Å². The Labute approximate surface area is 134 Å². The van der Waals surface area contributed by atoms with Crippen LogP contribution in [-0.2, 0) is 11.4 Å².